The molecule has 0 unspecified atom stereocenters. The molecule has 0 fully saturated rings. The van der Waals surface area contributed by atoms with Crippen molar-refractivity contribution in [1.82, 2.24) is 16.0 Å². The lowest BCUT2D eigenvalue weighted by Crippen LogP contribution is -2.42. The molecule has 0 saturated carbocycles. The average molecular weight is 520 g/mol. The van der Waals surface area contributed by atoms with Gasteiger partial charge in [-0.05, 0) is 54.9 Å². The number of nitrogens with one attached hydrogen (secondary N) is 3. The van der Waals surface area contributed by atoms with E-state index in [9.17, 15) is 13.2 Å². The molecule has 0 atom stereocenters. The van der Waals surface area contributed by atoms with Gasteiger partial charge in [-0.25, -0.2) is 13.2 Å². The second-order valence-corrected chi connectivity index (χ2v) is 10.8. The van der Waals surface area contributed by atoms with Gasteiger partial charge in [-0.15, -0.1) is 24.0 Å². The van der Waals surface area contributed by atoms with Crippen LogP contribution in [0, 0.1) is 0 Å². The zero-order valence-electron chi connectivity index (χ0n) is 17.6. The van der Waals surface area contributed by atoms with Crippen molar-refractivity contribution in [3.63, 3.8) is 0 Å². The van der Waals surface area contributed by atoms with Gasteiger partial charge in [0.15, 0.2) is 15.8 Å². The second-order valence-electron chi connectivity index (χ2n) is 7.90. The maximum absolute atomic E-state index is 12.1. The van der Waals surface area contributed by atoms with Gasteiger partial charge in [0.05, 0.1) is 10.5 Å². The molecule has 0 aromatic rings. The molecule has 0 spiro atoms. The fraction of sp³-hybridized carbons (Fsp3) is 0.882. The lowest BCUT2D eigenvalue weighted by molar-refractivity contribution is 0.0527. The molecule has 0 aliphatic rings. The van der Waals surface area contributed by atoms with Crippen molar-refractivity contribution in [3.05, 3.63) is 0 Å². The number of hydrogen-bond donors (Lipinski definition) is 3. The zero-order valence-corrected chi connectivity index (χ0v) is 20.8. The van der Waals surface area contributed by atoms with Crippen LogP contribution in [0.25, 0.3) is 0 Å². The number of carbonyl (C=O) groups is 1. The van der Waals surface area contributed by atoms with Gasteiger partial charge in [-0.1, -0.05) is 0 Å². The summed E-state index contributed by atoms with van der Waals surface area (Å²) >= 11 is 0. The van der Waals surface area contributed by atoms with E-state index >= 15 is 0 Å². The van der Waals surface area contributed by atoms with Crippen molar-refractivity contribution in [1.29, 1.82) is 0 Å². The minimum Gasteiger partial charge on any atom is -0.444 e. The van der Waals surface area contributed by atoms with Crippen LogP contribution in [0.1, 0.15) is 54.9 Å². The number of nitrogens with zero attached hydrogens (tertiary/aromatic N) is 1. The highest BCUT2D eigenvalue weighted by Gasteiger charge is 2.28. The third-order valence-electron chi connectivity index (χ3n) is 3.21. The van der Waals surface area contributed by atoms with Gasteiger partial charge >= 0.3 is 6.09 Å². The van der Waals surface area contributed by atoms with Gasteiger partial charge in [0.1, 0.15) is 5.60 Å². The summed E-state index contributed by atoms with van der Waals surface area (Å²) in [5, 5.41) is 8.77. The van der Waals surface area contributed by atoms with Crippen molar-refractivity contribution in [3.8, 4) is 0 Å². The lowest BCUT2D eigenvalue weighted by Gasteiger charge is -2.20. The smallest absolute Gasteiger partial charge is 0.407 e. The first-order valence-corrected chi connectivity index (χ1v) is 10.6. The largest absolute Gasteiger partial charge is 0.444 e. The Hall–Kier alpha value is -0.780. The summed E-state index contributed by atoms with van der Waals surface area (Å²) in [6, 6.07) is 0. The van der Waals surface area contributed by atoms with Gasteiger partial charge in [-0.3, -0.25) is 4.99 Å². The molecule has 0 aromatic heterocycles. The quantitative estimate of drug-likeness (QED) is 0.196. The molecule has 8 nitrogen and oxygen atoms in total. The Morgan fingerprint density at radius 1 is 1.00 bits per heavy atom. The van der Waals surface area contributed by atoms with E-state index in [4.69, 9.17) is 4.74 Å². The molecule has 0 aliphatic carbocycles. The highest BCUT2D eigenvalue weighted by molar-refractivity contribution is 14.0. The molecule has 1 amide bonds. The molecule has 10 heteroatoms. The number of sulfone groups is 1. The van der Waals surface area contributed by atoms with Crippen LogP contribution >= 0.6 is 24.0 Å². The maximum atomic E-state index is 12.1. The van der Waals surface area contributed by atoms with E-state index in [0.717, 1.165) is 0 Å². The molecule has 0 rings (SSSR count). The Labute approximate surface area is 181 Å². The summed E-state index contributed by atoms with van der Waals surface area (Å²) in [6.07, 6.45) is 0.203. The topological polar surface area (TPSA) is 109 Å². The van der Waals surface area contributed by atoms with Crippen LogP contribution in [0.5, 0.6) is 0 Å². The van der Waals surface area contributed by atoms with Gasteiger partial charge in [0.2, 0.25) is 0 Å². The molecule has 0 aliphatic heterocycles. The van der Waals surface area contributed by atoms with Crippen molar-refractivity contribution >= 4 is 45.9 Å². The Kier molecular flexibility index (Phi) is 13.3. The molecule has 3 N–H and O–H groups in total. The standard InChI is InChI=1S/C17H36N4O4S.HI/c1-8-18-14(20-12-13-26(23,24)17(5,6)7)19-10-9-11-21-15(22)25-16(2,3)4;/h8-13H2,1-7H3,(H,21,22)(H2,18,19,20);1H. The first kappa shape index (κ1) is 28.4. The SMILES string of the molecule is CCNC(=NCCCNC(=O)OC(C)(C)C)NCCS(=O)(=O)C(C)(C)C.I. The molecular formula is C17H37IN4O4S. The van der Waals surface area contributed by atoms with Crippen molar-refractivity contribution < 1.29 is 17.9 Å². The Balaban J connectivity index is 0. The molecular weight excluding hydrogens is 483 g/mol. The van der Waals surface area contributed by atoms with E-state index in [0.29, 0.717) is 38.6 Å². The number of ether oxygens (including phenoxy) is 1. The first-order valence-electron chi connectivity index (χ1n) is 9.00. The Morgan fingerprint density at radius 3 is 2.07 bits per heavy atom. The monoisotopic (exact) mass is 520 g/mol. The summed E-state index contributed by atoms with van der Waals surface area (Å²) < 4.78 is 28.6. The minimum absolute atomic E-state index is 0. The van der Waals surface area contributed by atoms with E-state index in [2.05, 4.69) is 20.9 Å². The number of aliphatic imine (C=N–C) groups is 1. The van der Waals surface area contributed by atoms with E-state index in [1.807, 2.05) is 27.7 Å². The van der Waals surface area contributed by atoms with Gasteiger partial charge < -0.3 is 20.7 Å². The number of hydrogen-bond acceptors (Lipinski definition) is 5. The van der Waals surface area contributed by atoms with Crippen LogP contribution in [0.2, 0.25) is 0 Å². The van der Waals surface area contributed by atoms with Crippen molar-refractivity contribution in [2.75, 3.05) is 31.9 Å². The number of amides is 1. The van der Waals surface area contributed by atoms with Crippen molar-refractivity contribution in [2.24, 2.45) is 4.99 Å². The molecule has 0 heterocycles. The fourth-order valence-electron chi connectivity index (χ4n) is 1.73. The normalized spacial score (nSPS) is 12.8. The Bertz CT molecular complexity index is 566. The van der Waals surface area contributed by atoms with Crippen LogP contribution in [0.15, 0.2) is 4.99 Å². The summed E-state index contributed by atoms with van der Waals surface area (Å²) in [6.45, 7) is 14.4. The van der Waals surface area contributed by atoms with Crippen LogP contribution in [-0.2, 0) is 14.6 Å². The summed E-state index contributed by atoms with van der Waals surface area (Å²) in [5.41, 5.74) is -0.516. The maximum Gasteiger partial charge on any atom is 0.407 e. The van der Waals surface area contributed by atoms with E-state index < -0.39 is 26.3 Å². The molecule has 162 valence electrons. The highest BCUT2D eigenvalue weighted by Crippen LogP contribution is 2.15. The van der Waals surface area contributed by atoms with Crippen LogP contribution in [0.3, 0.4) is 0 Å². The van der Waals surface area contributed by atoms with Crippen LogP contribution < -0.4 is 16.0 Å². The third-order valence-corrected chi connectivity index (χ3v) is 5.82. The predicted molar refractivity (Wildman–Crippen MR) is 122 cm³/mol. The highest BCUT2D eigenvalue weighted by atomic mass is 127. The Morgan fingerprint density at radius 2 is 1.59 bits per heavy atom. The lowest BCUT2D eigenvalue weighted by atomic mass is 10.2. The third kappa shape index (κ3) is 14.0. The minimum atomic E-state index is -3.17. The number of alkyl carbamates (subject to hydrolysis) is 1. The fourth-order valence-corrected chi connectivity index (χ4v) is 2.71. The zero-order chi connectivity index (χ0) is 20.4. The van der Waals surface area contributed by atoms with Gasteiger partial charge in [0, 0.05) is 26.2 Å². The molecule has 0 bridgehead atoms. The number of halogens is 1. The summed E-state index contributed by atoms with van der Waals surface area (Å²) in [4.78, 5) is 15.9. The van der Waals surface area contributed by atoms with Crippen LogP contribution in [0.4, 0.5) is 4.79 Å². The summed E-state index contributed by atoms with van der Waals surface area (Å²) in [7, 11) is -3.17. The second kappa shape index (κ2) is 12.6. The van der Waals surface area contributed by atoms with E-state index in [1.54, 1.807) is 20.8 Å². The number of guanidine groups is 1. The molecule has 0 radical (unpaired) electrons. The first-order chi connectivity index (χ1) is 11.8. The van der Waals surface area contributed by atoms with Gasteiger partial charge in [0.25, 0.3) is 0 Å². The predicted octanol–water partition coefficient (Wildman–Crippen LogP) is 2.29. The number of rotatable bonds is 8. The summed E-state index contributed by atoms with van der Waals surface area (Å²) in [5.74, 6) is 0.607. The molecule has 0 saturated heterocycles. The van der Waals surface area contributed by atoms with E-state index in [1.165, 1.54) is 0 Å². The molecule has 0 aromatic carbocycles. The van der Waals surface area contributed by atoms with E-state index in [-0.39, 0.29) is 29.7 Å². The average Bonchev–Trinajstić information content (AvgIpc) is 2.43. The molecule has 27 heavy (non-hydrogen) atoms. The number of carbonyl (C=O) groups excluding carboxylic acids is 1. The van der Waals surface area contributed by atoms with Crippen LogP contribution in [-0.4, -0.2) is 62.8 Å². The van der Waals surface area contributed by atoms with Gasteiger partial charge in [-0.2, -0.15) is 0 Å². The van der Waals surface area contributed by atoms with Crippen molar-refractivity contribution in [2.45, 2.75) is 65.2 Å².